The fourth-order valence-electron chi connectivity index (χ4n) is 1.40. The normalized spacial score (nSPS) is 35.2. The minimum Gasteiger partial charge on any atom is -0.385 e. The Morgan fingerprint density at radius 2 is 2.42 bits per heavy atom. The maximum absolute atomic E-state index is 11.2. The third kappa shape index (κ3) is 1.64. The first-order chi connectivity index (χ1) is 5.58. The smallest absolute Gasteiger partial charge is 0.162 e. The Morgan fingerprint density at radius 1 is 1.75 bits per heavy atom. The topological polar surface area (TPSA) is 37.3 Å². The first-order valence-corrected chi connectivity index (χ1v) is 4.14. The van der Waals surface area contributed by atoms with Crippen LogP contribution in [0.4, 0.5) is 0 Å². The van der Waals surface area contributed by atoms with Crippen molar-refractivity contribution >= 4 is 5.78 Å². The molecular formula is C10H14O2. The molecule has 0 aromatic carbocycles. The molecular weight excluding hydrogens is 152 g/mol. The highest BCUT2D eigenvalue weighted by molar-refractivity contribution is 5.95. The van der Waals surface area contributed by atoms with Gasteiger partial charge in [-0.3, -0.25) is 4.79 Å². The highest BCUT2D eigenvalue weighted by Crippen LogP contribution is 2.29. The van der Waals surface area contributed by atoms with Crippen molar-refractivity contribution in [1.29, 1.82) is 0 Å². The lowest BCUT2D eigenvalue weighted by atomic mass is 9.89. The van der Waals surface area contributed by atoms with Gasteiger partial charge in [0.2, 0.25) is 0 Å². The Balaban J connectivity index is 2.69. The number of ketones is 1. The summed E-state index contributed by atoms with van der Waals surface area (Å²) in [4.78, 5) is 11.2. The van der Waals surface area contributed by atoms with Crippen LogP contribution in [0.2, 0.25) is 0 Å². The van der Waals surface area contributed by atoms with Crippen LogP contribution in [-0.2, 0) is 4.79 Å². The first kappa shape index (κ1) is 9.20. The van der Waals surface area contributed by atoms with Gasteiger partial charge in [-0.2, -0.15) is 0 Å². The summed E-state index contributed by atoms with van der Waals surface area (Å²) in [5, 5.41) is 9.71. The van der Waals surface area contributed by atoms with Gasteiger partial charge in [0.15, 0.2) is 5.78 Å². The molecule has 2 heteroatoms. The summed E-state index contributed by atoms with van der Waals surface area (Å²) in [6.07, 6.45) is 7.46. The Kier molecular flexibility index (Phi) is 2.48. The van der Waals surface area contributed by atoms with Crippen LogP contribution in [-0.4, -0.2) is 16.5 Å². The van der Waals surface area contributed by atoms with Gasteiger partial charge in [-0.15, -0.1) is 0 Å². The molecule has 2 unspecified atom stereocenters. The van der Waals surface area contributed by atoms with Crippen molar-refractivity contribution in [3.8, 4) is 0 Å². The lowest BCUT2D eigenvalue weighted by Gasteiger charge is -2.21. The van der Waals surface area contributed by atoms with Crippen LogP contribution < -0.4 is 0 Å². The number of carbonyl (C=O) groups excluding carboxylic acids is 1. The van der Waals surface area contributed by atoms with Crippen LogP contribution in [0.5, 0.6) is 0 Å². The lowest BCUT2D eigenvalue weighted by Crippen LogP contribution is -2.31. The third-order valence-corrected chi connectivity index (χ3v) is 2.24. The van der Waals surface area contributed by atoms with Crippen LogP contribution in [0.3, 0.4) is 0 Å². The van der Waals surface area contributed by atoms with Gasteiger partial charge in [-0.25, -0.2) is 0 Å². The van der Waals surface area contributed by atoms with E-state index in [2.05, 4.69) is 0 Å². The summed E-state index contributed by atoms with van der Waals surface area (Å²) in [7, 11) is 0. The summed E-state index contributed by atoms with van der Waals surface area (Å²) in [6, 6.07) is 0. The predicted octanol–water partition coefficient (Wildman–Crippen LogP) is 1.46. The van der Waals surface area contributed by atoms with Gasteiger partial charge in [0.25, 0.3) is 0 Å². The summed E-state index contributed by atoms with van der Waals surface area (Å²) < 4.78 is 0. The van der Waals surface area contributed by atoms with Crippen LogP contribution >= 0.6 is 0 Å². The van der Waals surface area contributed by atoms with Crippen molar-refractivity contribution < 1.29 is 9.90 Å². The molecule has 1 N–H and O–H groups in total. The molecule has 2 atom stereocenters. The van der Waals surface area contributed by atoms with Gasteiger partial charge in [0, 0.05) is 0 Å². The van der Waals surface area contributed by atoms with Crippen molar-refractivity contribution in [2.75, 3.05) is 0 Å². The van der Waals surface area contributed by atoms with E-state index >= 15 is 0 Å². The van der Waals surface area contributed by atoms with Gasteiger partial charge in [0.05, 0.1) is 11.5 Å². The highest BCUT2D eigenvalue weighted by Gasteiger charge is 2.37. The molecule has 0 fully saturated rings. The van der Waals surface area contributed by atoms with Crippen molar-refractivity contribution in [2.45, 2.75) is 25.9 Å². The number of carbonyl (C=O) groups is 1. The third-order valence-electron chi connectivity index (χ3n) is 2.24. The van der Waals surface area contributed by atoms with E-state index < -0.39 is 5.60 Å². The number of aliphatic hydroxyl groups is 1. The molecule has 12 heavy (non-hydrogen) atoms. The van der Waals surface area contributed by atoms with Crippen molar-refractivity contribution in [1.82, 2.24) is 0 Å². The molecule has 66 valence electrons. The van der Waals surface area contributed by atoms with Gasteiger partial charge in [0.1, 0.15) is 0 Å². The monoisotopic (exact) mass is 166 g/mol. The minimum atomic E-state index is -0.948. The summed E-state index contributed by atoms with van der Waals surface area (Å²) in [5.41, 5.74) is -0.948. The van der Waals surface area contributed by atoms with E-state index in [9.17, 15) is 9.90 Å². The van der Waals surface area contributed by atoms with Crippen LogP contribution in [0.1, 0.15) is 20.3 Å². The fourth-order valence-corrected chi connectivity index (χ4v) is 1.40. The molecule has 2 nitrogen and oxygen atoms in total. The average Bonchev–Trinajstić information content (AvgIpc) is 2.24. The molecule has 0 amide bonds. The van der Waals surface area contributed by atoms with Gasteiger partial charge < -0.3 is 5.11 Å². The Labute approximate surface area is 72.6 Å². The van der Waals surface area contributed by atoms with Crippen LogP contribution in [0, 0.1) is 5.92 Å². The van der Waals surface area contributed by atoms with E-state index in [1.54, 1.807) is 13.0 Å². The van der Waals surface area contributed by atoms with Gasteiger partial charge >= 0.3 is 0 Å². The van der Waals surface area contributed by atoms with E-state index in [0.717, 1.165) is 0 Å². The van der Waals surface area contributed by atoms with E-state index in [4.69, 9.17) is 0 Å². The average molecular weight is 166 g/mol. The Bertz CT molecular complexity index is 236. The molecule has 0 radical (unpaired) electrons. The van der Waals surface area contributed by atoms with Crippen molar-refractivity contribution in [3.63, 3.8) is 0 Å². The number of rotatable bonds is 2. The Morgan fingerprint density at radius 3 is 2.83 bits per heavy atom. The second kappa shape index (κ2) is 3.23. The lowest BCUT2D eigenvalue weighted by molar-refractivity contribution is -0.121. The molecule has 0 spiro atoms. The van der Waals surface area contributed by atoms with E-state index in [0.29, 0.717) is 6.42 Å². The maximum Gasteiger partial charge on any atom is 0.162 e. The summed E-state index contributed by atoms with van der Waals surface area (Å²) in [6.45, 7) is 3.57. The number of hydrogen-bond acceptors (Lipinski definition) is 2. The second-order valence-corrected chi connectivity index (χ2v) is 3.32. The number of allylic oxidation sites excluding steroid dienone is 3. The molecule has 0 saturated carbocycles. The molecule has 0 aromatic rings. The van der Waals surface area contributed by atoms with Crippen LogP contribution in [0.15, 0.2) is 24.3 Å². The minimum absolute atomic E-state index is 0.0260. The van der Waals surface area contributed by atoms with Crippen LogP contribution in [0.25, 0.3) is 0 Å². The highest BCUT2D eigenvalue weighted by atomic mass is 16.3. The summed E-state index contributed by atoms with van der Waals surface area (Å²) >= 11 is 0. The molecule has 0 aliphatic heterocycles. The second-order valence-electron chi connectivity index (χ2n) is 3.32. The zero-order valence-electron chi connectivity index (χ0n) is 7.45. The molecule has 1 aliphatic carbocycles. The first-order valence-electron chi connectivity index (χ1n) is 4.14. The van der Waals surface area contributed by atoms with Gasteiger partial charge in [-0.05, 0) is 32.4 Å². The molecule has 0 bridgehead atoms. The van der Waals surface area contributed by atoms with Gasteiger partial charge in [-0.1, -0.05) is 12.2 Å². The molecule has 1 rings (SSSR count). The quantitative estimate of drug-likeness (QED) is 0.630. The fraction of sp³-hybridized carbons (Fsp3) is 0.500. The molecule has 1 aliphatic rings. The van der Waals surface area contributed by atoms with E-state index in [-0.39, 0.29) is 11.7 Å². The summed E-state index contributed by atoms with van der Waals surface area (Å²) in [5.74, 6) is -0.258. The molecule has 0 aromatic heterocycles. The predicted molar refractivity (Wildman–Crippen MR) is 47.7 cm³/mol. The van der Waals surface area contributed by atoms with E-state index in [1.165, 1.54) is 6.08 Å². The Hall–Kier alpha value is -0.890. The zero-order chi connectivity index (χ0) is 9.19. The standard InChI is InChI=1S/C10H14O2/c1-3-4-5-8-9(11)6-7-10(8,2)12/h3-4,6-8,12H,5H2,1-2H3. The maximum atomic E-state index is 11.2. The van der Waals surface area contributed by atoms with Crippen molar-refractivity contribution in [3.05, 3.63) is 24.3 Å². The molecule has 0 saturated heterocycles. The van der Waals surface area contributed by atoms with E-state index in [1.807, 2.05) is 19.1 Å². The zero-order valence-corrected chi connectivity index (χ0v) is 7.45. The number of hydrogen-bond donors (Lipinski definition) is 1. The van der Waals surface area contributed by atoms with Crippen molar-refractivity contribution in [2.24, 2.45) is 5.92 Å². The largest absolute Gasteiger partial charge is 0.385 e. The molecule has 0 heterocycles. The SMILES string of the molecule is CC=CCC1C(=O)C=CC1(C)O.